The summed E-state index contributed by atoms with van der Waals surface area (Å²) < 4.78 is 5.17. The van der Waals surface area contributed by atoms with Crippen molar-refractivity contribution in [2.24, 2.45) is 0 Å². The standard InChI is InChI=1S/C13H15N3O3/c14-7-10-1-2-11(15-8-10)12(17)16-9-13(18)3-5-19-6-4-13/h1-2,8,18H,3-6,9H2,(H,16,17). The second-order valence-corrected chi connectivity index (χ2v) is 4.56. The van der Waals surface area contributed by atoms with Crippen molar-refractivity contribution in [2.45, 2.75) is 18.4 Å². The Bertz CT molecular complexity index is 487. The molecule has 2 rings (SSSR count). The highest BCUT2D eigenvalue weighted by Crippen LogP contribution is 2.19. The van der Waals surface area contributed by atoms with Gasteiger partial charge in [0.15, 0.2) is 0 Å². The average Bonchev–Trinajstić information content (AvgIpc) is 2.46. The van der Waals surface area contributed by atoms with E-state index in [9.17, 15) is 9.90 Å². The lowest BCUT2D eigenvalue weighted by Crippen LogP contribution is -2.46. The maximum Gasteiger partial charge on any atom is 0.269 e. The lowest BCUT2D eigenvalue weighted by Gasteiger charge is -2.31. The van der Waals surface area contributed by atoms with Crippen LogP contribution in [0.25, 0.3) is 0 Å². The number of nitrogens with zero attached hydrogens (tertiary/aromatic N) is 2. The normalized spacial score (nSPS) is 17.5. The van der Waals surface area contributed by atoms with E-state index in [4.69, 9.17) is 10.00 Å². The number of rotatable bonds is 3. The fourth-order valence-corrected chi connectivity index (χ4v) is 1.86. The number of hydrogen-bond donors (Lipinski definition) is 2. The molecule has 0 radical (unpaired) electrons. The van der Waals surface area contributed by atoms with Gasteiger partial charge in [0.1, 0.15) is 11.8 Å². The SMILES string of the molecule is N#Cc1ccc(C(=O)NCC2(O)CCOCC2)nc1. The van der Waals surface area contributed by atoms with Crippen molar-refractivity contribution >= 4 is 5.91 Å². The first-order chi connectivity index (χ1) is 9.13. The van der Waals surface area contributed by atoms with Gasteiger partial charge in [0.2, 0.25) is 0 Å². The van der Waals surface area contributed by atoms with Gasteiger partial charge in [0.25, 0.3) is 5.91 Å². The highest BCUT2D eigenvalue weighted by atomic mass is 16.5. The molecule has 1 amide bonds. The molecule has 2 N–H and O–H groups in total. The third-order valence-corrected chi connectivity index (χ3v) is 3.13. The van der Waals surface area contributed by atoms with Gasteiger partial charge < -0.3 is 15.2 Å². The van der Waals surface area contributed by atoms with Crippen LogP contribution in [0.15, 0.2) is 18.3 Å². The Morgan fingerprint density at radius 1 is 1.53 bits per heavy atom. The molecule has 0 atom stereocenters. The molecule has 6 heteroatoms. The summed E-state index contributed by atoms with van der Waals surface area (Å²) >= 11 is 0. The molecule has 0 saturated carbocycles. The Morgan fingerprint density at radius 2 is 2.26 bits per heavy atom. The zero-order valence-corrected chi connectivity index (χ0v) is 10.4. The van der Waals surface area contributed by atoms with Crippen molar-refractivity contribution in [2.75, 3.05) is 19.8 Å². The summed E-state index contributed by atoms with van der Waals surface area (Å²) in [7, 11) is 0. The maximum atomic E-state index is 11.8. The lowest BCUT2D eigenvalue weighted by molar-refractivity contribution is -0.0605. The van der Waals surface area contributed by atoms with Crippen LogP contribution in [-0.4, -0.2) is 41.4 Å². The molecule has 1 fully saturated rings. The average molecular weight is 261 g/mol. The summed E-state index contributed by atoms with van der Waals surface area (Å²) in [6, 6.07) is 4.96. The summed E-state index contributed by atoms with van der Waals surface area (Å²) in [6.45, 7) is 1.18. The summed E-state index contributed by atoms with van der Waals surface area (Å²) in [5.41, 5.74) is -0.269. The predicted octanol–water partition coefficient (Wildman–Crippen LogP) is 0.225. The second-order valence-electron chi connectivity index (χ2n) is 4.56. The number of carbonyl (C=O) groups excluding carboxylic acids is 1. The Hall–Kier alpha value is -1.97. The van der Waals surface area contributed by atoms with Gasteiger partial charge in [-0.25, -0.2) is 4.98 Å². The van der Waals surface area contributed by atoms with Gasteiger partial charge in [-0.2, -0.15) is 5.26 Å². The molecule has 1 aliphatic rings. The molecule has 1 aromatic heterocycles. The van der Waals surface area contributed by atoms with E-state index in [1.165, 1.54) is 18.3 Å². The molecule has 0 aromatic carbocycles. The molecular formula is C13H15N3O3. The maximum absolute atomic E-state index is 11.8. The summed E-state index contributed by atoms with van der Waals surface area (Å²) in [5, 5.41) is 21.5. The number of aromatic nitrogens is 1. The number of pyridine rings is 1. The van der Waals surface area contributed by atoms with Crippen molar-refractivity contribution < 1.29 is 14.6 Å². The molecule has 0 spiro atoms. The smallest absolute Gasteiger partial charge is 0.269 e. The third-order valence-electron chi connectivity index (χ3n) is 3.13. The van der Waals surface area contributed by atoms with Gasteiger partial charge in [0.05, 0.1) is 11.2 Å². The molecule has 0 aliphatic carbocycles. The van der Waals surface area contributed by atoms with E-state index in [0.29, 0.717) is 31.6 Å². The monoisotopic (exact) mass is 261 g/mol. The van der Waals surface area contributed by atoms with E-state index >= 15 is 0 Å². The van der Waals surface area contributed by atoms with E-state index in [1.54, 1.807) is 0 Å². The molecular weight excluding hydrogens is 246 g/mol. The van der Waals surface area contributed by atoms with E-state index in [2.05, 4.69) is 10.3 Å². The minimum Gasteiger partial charge on any atom is -0.388 e. The van der Waals surface area contributed by atoms with Crippen molar-refractivity contribution in [3.8, 4) is 6.07 Å². The van der Waals surface area contributed by atoms with E-state index in [-0.39, 0.29) is 18.1 Å². The van der Waals surface area contributed by atoms with E-state index < -0.39 is 5.60 Å². The van der Waals surface area contributed by atoms with Crippen LogP contribution in [0.3, 0.4) is 0 Å². The first kappa shape index (κ1) is 13.5. The van der Waals surface area contributed by atoms with E-state index in [0.717, 1.165) is 0 Å². The third kappa shape index (κ3) is 3.50. The highest BCUT2D eigenvalue weighted by molar-refractivity contribution is 5.92. The zero-order valence-electron chi connectivity index (χ0n) is 10.4. The molecule has 0 bridgehead atoms. The Kier molecular flexibility index (Phi) is 4.10. The molecule has 6 nitrogen and oxygen atoms in total. The number of nitriles is 1. The van der Waals surface area contributed by atoms with Crippen LogP contribution >= 0.6 is 0 Å². The Balaban J connectivity index is 1.91. The number of hydrogen-bond acceptors (Lipinski definition) is 5. The molecule has 1 aliphatic heterocycles. The lowest BCUT2D eigenvalue weighted by atomic mass is 9.94. The topological polar surface area (TPSA) is 95.2 Å². The van der Waals surface area contributed by atoms with Crippen molar-refractivity contribution in [1.29, 1.82) is 5.26 Å². The molecule has 1 aromatic rings. The van der Waals surface area contributed by atoms with Gasteiger partial charge in [0, 0.05) is 38.8 Å². The molecule has 2 heterocycles. The fourth-order valence-electron chi connectivity index (χ4n) is 1.86. The minimum atomic E-state index is -0.902. The van der Waals surface area contributed by atoms with Crippen LogP contribution < -0.4 is 5.32 Å². The van der Waals surface area contributed by atoms with Crippen LogP contribution in [0.4, 0.5) is 0 Å². The highest BCUT2D eigenvalue weighted by Gasteiger charge is 2.30. The van der Waals surface area contributed by atoms with Crippen LogP contribution in [-0.2, 0) is 4.74 Å². The van der Waals surface area contributed by atoms with Gasteiger partial charge >= 0.3 is 0 Å². The van der Waals surface area contributed by atoms with Gasteiger partial charge in [-0.15, -0.1) is 0 Å². The van der Waals surface area contributed by atoms with Crippen molar-refractivity contribution in [3.63, 3.8) is 0 Å². The Labute approximate surface area is 111 Å². The Morgan fingerprint density at radius 3 is 2.84 bits per heavy atom. The molecule has 1 saturated heterocycles. The molecule has 100 valence electrons. The number of ether oxygens (including phenoxy) is 1. The van der Waals surface area contributed by atoms with E-state index in [1.807, 2.05) is 6.07 Å². The zero-order chi connectivity index (χ0) is 13.7. The number of aliphatic hydroxyl groups is 1. The van der Waals surface area contributed by atoms with Crippen LogP contribution in [0.1, 0.15) is 28.9 Å². The predicted molar refractivity (Wildman–Crippen MR) is 66.3 cm³/mol. The first-order valence-electron chi connectivity index (χ1n) is 6.07. The summed E-state index contributed by atoms with van der Waals surface area (Å²) in [6.07, 6.45) is 2.36. The van der Waals surface area contributed by atoms with Crippen LogP contribution in [0.5, 0.6) is 0 Å². The first-order valence-corrected chi connectivity index (χ1v) is 6.07. The molecule has 19 heavy (non-hydrogen) atoms. The van der Waals surface area contributed by atoms with Crippen LogP contribution in [0, 0.1) is 11.3 Å². The minimum absolute atomic E-state index is 0.177. The van der Waals surface area contributed by atoms with Crippen molar-refractivity contribution in [3.05, 3.63) is 29.6 Å². The summed E-state index contributed by atoms with van der Waals surface area (Å²) in [5.74, 6) is -0.357. The number of carbonyl (C=O) groups is 1. The molecule has 0 unspecified atom stereocenters. The largest absolute Gasteiger partial charge is 0.388 e. The van der Waals surface area contributed by atoms with Crippen molar-refractivity contribution in [1.82, 2.24) is 10.3 Å². The quantitative estimate of drug-likeness (QED) is 0.811. The summed E-state index contributed by atoms with van der Waals surface area (Å²) in [4.78, 5) is 15.7. The number of amides is 1. The van der Waals surface area contributed by atoms with Gasteiger partial charge in [-0.1, -0.05) is 0 Å². The van der Waals surface area contributed by atoms with Gasteiger partial charge in [-0.3, -0.25) is 4.79 Å². The second kappa shape index (κ2) is 5.78. The fraction of sp³-hybridized carbons (Fsp3) is 0.462. The van der Waals surface area contributed by atoms with Gasteiger partial charge in [-0.05, 0) is 12.1 Å². The van der Waals surface area contributed by atoms with Crippen LogP contribution in [0.2, 0.25) is 0 Å². The number of nitrogens with one attached hydrogen (secondary N) is 1.